The lowest BCUT2D eigenvalue weighted by Gasteiger charge is -2.38. The van der Waals surface area contributed by atoms with Gasteiger partial charge >= 0.3 is 0 Å². The van der Waals surface area contributed by atoms with Crippen LogP contribution in [0.25, 0.3) is 6.08 Å². The summed E-state index contributed by atoms with van der Waals surface area (Å²) in [6.07, 6.45) is 6.87. The van der Waals surface area contributed by atoms with Gasteiger partial charge in [0.2, 0.25) is 5.91 Å². The molecule has 0 aliphatic carbocycles. The average Bonchev–Trinajstić information content (AvgIpc) is 3.52. The van der Waals surface area contributed by atoms with Gasteiger partial charge in [-0.05, 0) is 53.1 Å². The Kier molecular flexibility index (Phi) is 5.93. The van der Waals surface area contributed by atoms with Gasteiger partial charge in [0.1, 0.15) is 23.0 Å². The van der Waals surface area contributed by atoms with Gasteiger partial charge in [0, 0.05) is 35.9 Å². The van der Waals surface area contributed by atoms with Crippen molar-refractivity contribution in [3.8, 4) is 11.5 Å². The number of fused-ring (bicyclic) bond motifs is 6. The summed E-state index contributed by atoms with van der Waals surface area (Å²) in [6, 6.07) is 21.9. The first-order valence-electron chi connectivity index (χ1n) is 13.7. The van der Waals surface area contributed by atoms with Gasteiger partial charge in [-0.3, -0.25) is 19.4 Å². The van der Waals surface area contributed by atoms with E-state index in [0.29, 0.717) is 33.9 Å². The van der Waals surface area contributed by atoms with Gasteiger partial charge in [-0.25, -0.2) is 0 Å². The summed E-state index contributed by atoms with van der Waals surface area (Å²) in [7, 11) is 3.03. The number of benzene rings is 3. The number of carbonyl (C=O) groups is 3. The second-order valence-electron chi connectivity index (χ2n) is 10.6. The lowest BCUT2D eigenvalue weighted by molar-refractivity contribution is -0.122. The van der Waals surface area contributed by atoms with Crippen molar-refractivity contribution in [3.63, 3.8) is 0 Å². The minimum atomic E-state index is -1.40. The molecule has 4 aromatic rings. The number of anilines is 1. The molecular weight excluding hydrogens is 530 g/mol. The maximum absolute atomic E-state index is 14.8. The first-order valence-corrected chi connectivity index (χ1v) is 13.7. The lowest BCUT2D eigenvalue weighted by Crippen LogP contribution is -2.49. The zero-order valence-corrected chi connectivity index (χ0v) is 23.0. The maximum Gasteiger partial charge on any atom is 0.238 e. The third-order valence-electron chi connectivity index (χ3n) is 8.76. The van der Waals surface area contributed by atoms with Gasteiger partial charge < -0.3 is 19.7 Å². The SMILES string of the molecule is COc1ccc(C(=O)[C@@H]2[C@H](C(=O)c3ccncc3)[C@]3(C(=O)Nc4ccccc43)[C@@H]3c4ccccc4C=CN23)c(OC)c1. The number of ether oxygens (including phenoxy) is 2. The molecule has 8 heteroatoms. The van der Waals surface area contributed by atoms with E-state index in [1.54, 1.807) is 42.7 Å². The van der Waals surface area contributed by atoms with E-state index in [-0.39, 0.29) is 17.5 Å². The topological polar surface area (TPSA) is 97.8 Å². The summed E-state index contributed by atoms with van der Waals surface area (Å²) in [6.45, 7) is 0. The van der Waals surface area contributed by atoms with Crippen LogP contribution in [0.1, 0.15) is 43.4 Å². The molecule has 1 spiro atoms. The molecule has 1 aromatic heterocycles. The molecule has 3 aliphatic rings. The summed E-state index contributed by atoms with van der Waals surface area (Å²) < 4.78 is 11.0. The van der Waals surface area contributed by atoms with E-state index in [9.17, 15) is 14.4 Å². The molecule has 42 heavy (non-hydrogen) atoms. The third kappa shape index (κ3) is 3.48. The van der Waals surface area contributed by atoms with Crippen LogP contribution < -0.4 is 14.8 Å². The minimum Gasteiger partial charge on any atom is -0.497 e. The fraction of sp³-hybridized carbons (Fsp3) is 0.176. The van der Waals surface area contributed by atoms with Gasteiger partial charge in [-0.15, -0.1) is 0 Å². The number of pyridine rings is 1. The van der Waals surface area contributed by atoms with Crippen molar-refractivity contribution in [1.29, 1.82) is 0 Å². The minimum absolute atomic E-state index is 0.297. The summed E-state index contributed by atoms with van der Waals surface area (Å²) in [5, 5.41) is 3.06. The molecule has 0 radical (unpaired) electrons. The molecule has 1 N–H and O–H groups in total. The van der Waals surface area contributed by atoms with E-state index < -0.39 is 23.4 Å². The fourth-order valence-electron chi connectivity index (χ4n) is 7.02. The largest absolute Gasteiger partial charge is 0.497 e. The van der Waals surface area contributed by atoms with E-state index in [1.807, 2.05) is 65.7 Å². The fourth-order valence-corrected chi connectivity index (χ4v) is 7.02. The molecular formula is C34H27N3O5. The van der Waals surface area contributed by atoms with Crippen molar-refractivity contribution in [2.24, 2.45) is 5.92 Å². The Labute approximate surface area is 242 Å². The van der Waals surface area contributed by atoms with Gasteiger partial charge in [-0.2, -0.15) is 0 Å². The number of hydrogen-bond donors (Lipinski definition) is 1. The van der Waals surface area contributed by atoms with E-state index in [2.05, 4.69) is 10.3 Å². The van der Waals surface area contributed by atoms with Crippen molar-refractivity contribution in [2.75, 3.05) is 19.5 Å². The molecule has 3 aromatic carbocycles. The Bertz CT molecular complexity index is 1790. The van der Waals surface area contributed by atoms with Crippen LogP contribution in [-0.4, -0.2) is 47.6 Å². The van der Waals surface area contributed by atoms with Crippen molar-refractivity contribution >= 4 is 29.2 Å². The molecule has 8 nitrogen and oxygen atoms in total. The maximum atomic E-state index is 14.8. The second kappa shape index (κ2) is 9.69. The number of rotatable bonds is 6. The molecule has 3 aliphatic heterocycles. The van der Waals surface area contributed by atoms with Crippen LogP contribution in [0.4, 0.5) is 5.69 Å². The second-order valence-corrected chi connectivity index (χ2v) is 10.6. The number of ketones is 2. The predicted octanol–water partition coefficient (Wildman–Crippen LogP) is 5.08. The highest BCUT2D eigenvalue weighted by Crippen LogP contribution is 2.62. The van der Waals surface area contributed by atoms with Crippen LogP contribution in [0.3, 0.4) is 0 Å². The van der Waals surface area contributed by atoms with E-state index >= 15 is 0 Å². The molecule has 4 heterocycles. The van der Waals surface area contributed by atoms with Crippen LogP contribution in [-0.2, 0) is 10.2 Å². The van der Waals surface area contributed by atoms with Crippen molar-refractivity contribution in [2.45, 2.75) is 17.5 Å². The Morgan fingerprint density at radius 1 is 0.905 bits per heavy atom. The molecule has 1 saturated heterocycles. The number of para-hydroxylation sites is 1. The van der Waals surface area contributed by atoms with Crippen LogP contribution in [0.5, 0.6) is 11.5 Å². The highest BCUT2D eigenvalue weighted by Gasteiger charge is 2.70. The highest BCUT2D eigenvalue weighted by molar-refractivity contribution is 6.17. The summed E-state index contributed by atoms with van der Waals surface area (Å²) in [5.41, 5.74) is 2.40. The Morgan fingerprint density at radius 2 is 1.67 bits per heavy atom. The van der Waals surface area contributed by atoms with Gasteiger partial charge in [0.25, 0.3) is 0 Å². The smallest absolute Gasteiger partial charge is 0.238 e. The third-order valence-corrected chi connectivity index (χ3v) is 8.76. The van der Waals surface area contributed by atoms with Crippen molar-refractivity contribution in [1.82, 2.24) is 9.88 Å². The summed E-state index contributed by atoms with van der Waals surface area (Å²) in [4.78, 5) is 50.1. The monoisotopic (exact) mass is 557 g/mol. The van der Waals surface area contributed by atoms with Crippen LogP contribution >= 0.6 is 0 Å². The van der Waals surface area contributed by atoms with Crippen molar-refractivity contribution < 1.29 is 23.9 Å². The predicted molar refractivity (Wildman–Crippen MR) is 157 cm³/mol. The molecule has 0 bridgehead atoms. The Balaban J connectivity index is 1.53. The van der Waals surface area contributed by atoms with Crippen LogP contribution in [0, 0.1) is 5.92 Å². The Hall–Kier alpha value is -5.24. The molecule has 1 amide bonds. The standard InChI is InChI=1S/C34H27N3O5/c1-41-22-11-12-24(27(19-22)42-2)31(39)29-28(30(38)21-13-16-35-17-14-21)34(25-9-5-6-10-26(25)36-33(34)40)32-23-8-4-3-7-20(23)15-18-37(29)32/h3-19,28-29,32H,1-2H3,(H,36,40)/t28-,29+,32+,34+/m1/s1. The van der Waals surface area contributed by atoms with E-state index in [4.69, 9.17) is 9.47 Å². The molecule has 1 fully saturated rings. The zero-order chi connectivity index (χ0) is 29.0. The number of carbonyl (C=O) groups excluding carboxylic acids is 3. The highest BCUT2D eigenvalue weighted by atomic mass is 16.5. The summed E-state index contributed by atoms with van der Waals surface area (Å²) >= 11 is 0. The number of aromatic nitrogens is 1. The number of Topliss-reactive ketones (excluding diaryl/α,β-unsaturated/α-hetero) is 2. The average molecular weight is 558 g/mol. The number of amides is 1. The Morgan fingerprint density at radius 3 is 2.45 bits per heavy atom. The van der Waals surface area contributed by atoms with Gasteiger partial charge in [-0.1, -0.05) is 42.5 Å². The van der Waals surface area contributed by atoms with Gasteiger partial charge in [0.05, 0.1) is 31.7 Å². The zero-order valence-electron chi connectivity index (χ0n) is 23.0. The molecule has 7 rings (SSSR count). The van der Waals surface area contributed by atoms with Crippen molar-refractivity contribution in [3.05, 3.63) is 125 Å². The first kappa shape index (κ1) is 25.7. The van der Waals surface area contributed by atoms with Crippen LogP contribution in [0.15, 0.2) is 97.5 Å². The first-order chi connectivity index (χ1) is 20.5. The van der Waals surface area contributed by atoms with Crippen LogP contribution in [0.2, 0.25) is 0 Å². The summed E-state index contributed by atoms with van der Waals surface area (Å²) in [5.74, 6) is -1.17. The molecule has 0 unspecified atom stereocenters. The normalized spacial score (nSPS) is 23.1. The molecule has 0 saturated carbocycles. The molecule has 208 valence electrons. The quantitative estimate of drug-likeness (QED) is 0.330. The lowest BCUT2D eigenvalue weighted by atomic mass is 9.62. The number of methoxy groups -OCH3 is 2. The number of nitrogens with zero attached hydrogens (tertiary/aromatic N) is 2. The van der Waals surface area contributed by atoms with Gasteiger partial charge in [0.15, 0.2) is 11.6 Å². The number of hydrogen-bond acceptors (Lipinski definition) is 7. The number of nitrogens with one attached hydrogen (secondary N) is 1. The van der Waals surface area contributed by atoms with E-state index in [0.717, 1.165) is 11.1 Å². The van der Waals surface area contributed by atoms with E-state index in [1.165, 1.54) is 14.2 Å². The molecule has 4 atom stereocenters.